The number of rotatable bonds is 5. The highest BCUT2D eigenvalue weighted by atomic mass is 35.5. The molecule has 1 aliphatic rings. The lowest BCUT2D eigenvalue weighted by molar-refractivity contribution is 0.543. The topological polar surface area (TPSA) is 106 Å². The number of benzene rings is 1. The zero-order valence-corrected chi connectivity index (χ0v) is 13.6. The first kappa shape index (κ1) is 16.7. The van der Waals surface area contributed by atoms with Crippen molar-refractivity contribution < 1.29 is 16.8 Å². The quantitative estimate of drug-likeness (QED) is 0.803. The van der Waals surface area contributed by atoms with E-state index in [2.05, 4.69) is 4.72 Å². The van der Waals surface area contributed by atoms with Crippen molar-refractivity contribution in [2.75, 3.05) is 18.1 Å². The van der Waals surface area contributed by atoms with E-state index in [1.165, 1.54) is 12.1 Å². The molecule has 0 aromatic heterocycles. The Hall–Kier alpha value is -0.670. The number of hydrogen-bond acceptors (Lipinski definition) is 5. The fourth-order valence-corrected chi connectivity index (χ4v) is 5.53. The smallest absolute Gasteiger partial charge is 0.240 e. The lowest BCUT2D eigenvalue weighted by atomic mass is 10.1. The molecule has 1 aliphatic heterocycles. The maximum absolute atomic E-state index is 12.2. The van der Waals surface area contributed by atoms with Gasteiger partial charge < -0.3 is 5.73 Å². The van der Waals surface area contributed by atoms with Crippen molar-refractivity contribution in [3.8, 4) is 0 Å². The summed E-state index contributed by atoms with van der Waals surface area (Å²) in [6.07, 6.45) is 0.484. The monoisotopic (exact) mass is 352 g/mol. The predicted octanol–water partition coefficient (Wildman–Crippen LogP) is 0.512. The zero-order chi connectivity index (χ0) is 15.7. The number of sulfone groups is 1. The summed E-state index contributed by atoms with van der Waals surface area (Å²) in [6.45, 7) is 0.338. The summed E-state index contributed by atoms with van der Waals surface area (Å²) in [5, 5.41) is 0.295. The molecule has 118 valence electrons. The van der Waals surface area contributed by atoms with Gasteiger partial charge in [0.2, 0.25) is 10.0 Å². The third-order valence-electron chi connectivity index (χ3n) is 3.44. The number of hydrogen-bond donors (Lipinski definition) is 2. The molecule has 6 nitrogen and oxygen atoms in total. The number of nitrogens with two attached hydrogens (primary N) is 1. The van der Waals surface area contributed by atoms with Crippen LogP contribution in [0.4, 0.5) is 0 Å². The Morgan fingerprint density at radius 1 is 1.38 bits per heavy atom. The van der Waals surface area contributed by atoms with Gasteiger partial charge in [-0.3, -0.25) is 0 Å². The Morgan fingerprint density at radius 3 is 2.62 bits per heavy atom. The average molecular weight is 353 g/mol. The van der Waals surface area contributed by atoms with Crippen LogP contribution in [0, 0.1) is 5.92 Å². The van der Waals surface area contributed by atoms with Gasteiger partial charge in [-0.1, -0.05) is 17.7 Å². The van der Waals surface area contributed by atoms with Crippen LogP contribution in [0.2, 0.25) is 5.02 Å². The van der Waals surface area contributed by atoms with Crippen LogP contribution in [0.25, 0.3) is 0 Å². The van der Waals surface area contributed by atoms with Crippen LogP contribution in [0.15, 0.2) is 23.1 Å². The van der Waals surface area contributed by atoms with Gasteiger partial charge in [0.1, 0.15) is 0 Å². The molecule has 2 rings (SSSR count). The summed E-state index contributed by atoms with van der Waals surface area (Å²) < 4.78 is 49.4. The van der Waals surface area contributed by atoms with Gasteiger partial charge in [-0.05, 0) is 30.0 Å². The maximum atomic E-state index is 12.2. The van der Waals surface area contributed by atoms with Crippen LogP contribution in [-0.2, 0) is 26.4 Å². The molecule has 0 aliphatic carbocycles. The van der Waals surface area contributed by atoms with Crippen LogP contribution >= 0.6 is 11.6 Å². The molecule has 1 aromatic rings. The second-order valence-corrected chi connectivity index (χ2v) is 9.48. The van der Waals surface area contributed by atoms with Gasteiger partial charge in [0.05, 0.1) is 16.4 Å². The maximum Gasteiger partial charge on any atom is 0.240 e. The normalized spacial score (nSPS) is 21.5. The first-order valence-corrected chi connectivity index (χ1v) is 10.1. The minimum absolute atomic E-state index is 0.0301. The van der Waals surface area contributed by atoms with E-state index in [0.29, 0.717) is 17.0 Å². The molecule has 21 heavy (non-hydrogen) atoms. The second kappa shape index (κ2) is 6.21. The van der Waals surface area contributed by atoms with E-state index in [9.17, 15) is 16.8 Å². The summed E-state index contributed by atoms with van der Waals surface area (Å²) in [6, 6.07) is 4.34. The zero-order valence-electron chi connectivity index (χ0n) is 11.2. The summed E-state index contributed by atoms with van der Waals surface area (Å²) in [5.41, 5.74) is 6.13. The minimum atomic E-state index is -3.70. The summed E-state index contributed by atoms with van der Waals surface area (Å²) in [7, 11) is -6.72. The first-order chi connectivity index (χ1) is 9.73. The van der Waals surface area contributed by atoms with Crippen molar-refractivity contribution in [3.05, 3.63) is 28.8 Å². The standard InChI is InChI=1S/C12H17ClN2O4S2/c13-12-5-11(2-1-10(12)6-14)21(18,19)15-7-9-3-4-20(16,17)8-9/h1-2,5,9,15H,3-4,6-8,14H2. The average Bonchev–Trinajstić information content (AvgIpc) is 2.76. The molecular formula is C12H17ClN2O4S2. The van der Waals surface area contributed by atoms with Crippen LogP contribution in [0.1, 0.15) is 12.0 Å². The van der Waals surface area contributed by atoms with Crippen molar-refractivity contribution >= 4 is 31.5 Å². The molecule has 1 fully saturated rings. The Balaban J connectivity index is 2.07. The molecular weight excluding hydrogens is 336 g/mol. The van der Waals surface area contributed by atoms with E-state index < -0.39 is 19.9 Å². The van der Waals surface area contributed by atoms with E-state index in [-0.39, 0.29) is 35.4 Å². The SMILES string of the molecule is NCc1ccc(S(=O)(=O)NCC2CCS(=O)(=O)C2)cc1Cl. The first-order valence-electron chi connectivity index (χ1n) is 6.42. The molecule has 1 aromatic carbocycles. The van der Waals surface area contributed by atoms with E-state index in [1.807, 2.05) is 0 Å². The molecule has 0 amide bonds. The highest BCUT2D eigenvalue weighted by Crippen LogP contribution is 2.22. The summed E-state index contributed by atoms with van der Waals surface area (Å²) in [4.78, 5) is 0.0468. The van der Waals surface area contributed by atoms with Gasteiger partial charge in [0, 0.05) is 18.1 Å². The van der Waals surface area contributed by atoms with Gasteiger partial charge in [0.25, 0.3) is 0 Å². The molecule has 9 heteroatoms. The Bertz CT molecular complexity index is 732. The fraction of sp³-hybridized carbons (Fsp3) is 0.500. The predicted molar refractivity (Wildman–Crippen MR) is 81.3 cm³/mol. The third kappa shape index (κ3) is 4.17. The molecule has 0 spiro atoms. The van der Waals surface area contributed by atoms with Crippen molar-refractivity contribution in [2.45, 2.75) is 17.9 Å². The Morgan fingerprint density at radius 2 is 2.10 bits per heavy atom. The van der Waals surface area contributed by atoms with Crippen LogP contribution in [-0.4, -0.2) is 34.9 Å². The molecule has 0 radical (unpaired) electrons. The van der Waals surface area contributed by atoms with E-state index in [0.717, 1.165) is 0 Å². The molecule has 1 atom stereocenters. The van der Waals surface area contributed by atoms with Crippen LogP contribution in [0.3, 0.4) is 0 Å². The van der Waals surface area contributed by atoms with Gasteiger partial charge in [-0.25, -0.2) is 21.6 Å². The third-order valence-corrected chi connectivity index (χ3v) is 7.05. The van der Waals surface area contributed by atoms with E-state index in [1.54, 1.807) is 6.07 Å². The molecule has 0 bridgehead atoms. The molecule has 1 heterocycles. The highest BCUT2D eigenvalue weighted by Gasteiger charge is 2.29. The van der Waals surface area contributed by atoms with Gasteiger partial charge in [-0.2, -0.15) is 0 Å². The van der Waals surface area contributed by atoms with Gasteiger partial charge >= 0.3 is 0 Å². The number of nitrogens with one attached hydrogen (secondary N) is 1. The van der Waals surface area contributed by atoms with Crippen molar-refractivity contribution in [1.82, 2.24) is 4.72 Å². The molecule has 1 saturated heterocycles. The van der Waals surface area contributed by atoms with E-state index in [4.69, 9.17) is 17.3 Å². The summed E-state index contributed by atoms with van der Waals surface area (Å²) >= 11 is 5.95. The lowest BCUT2D eigenvalue weighted by Gasteiger charge is -2.11. The van der Waals surface area contributed by atoms with Crippen molar-refractivity contribution in [3.63, 3.8) is 0 Å². The van der Waals surface area contributed by atoms with Crippen LogP contribution in [0.5, 0.6) is 0 Å². The second-order valence-electron chi connectivity index (χ2n) is 5.08. The largest absolute Gasteiger partial charge is 0.326 e. The lowest BCUT2D eigenvalue weighted by Crippen LogP contribution is -2.30. The van der Waals surface area contributed by atoms with E-state index >= 15 is 0 Å². The Labute approximate surface area is 129 Å². The molecule has 3 N–H and O–H groups in total. The molecule has 1 unspecified atom stereocenters. The van der Waals surface area contributed by atoms with Crippen molar-refractivity contribution in [2.24, 2.45) is 11.7 Å². The van der Waals surface area contributed by atoms with Gasteiger partial charge in [0.15, 0.2) is 9.84 Å². The highest BCUT2D eigenvalue weighted by molar-refractivity contribution is 7.91. The summed E-state index contributed by atoms with van der Waals surface area (Å²) in [5.74, 6) is -0.0257. The molecule has 0 saturated carbocycles. The number of halogens is 1. The van der Waals surface area contributed by atoms with Crippen LogP contribution < -0.4 is 10.5 Å². The van der Waals surface area contributed by atoms with Gasteiger partial charge in [-0.15, -0.1) is 0 Å². The van der Waals surface area contributed by atoms with Crippen molar-refractivity contribution in [1.29, 1.82) is 0 Å². The minimum Gasteiger partial charge on any atom is -0.326 e. The Kier molecular flexibility index (Phi) is 4.94. The number of sulfonamides is 1. The fourth-order valence-electron chi connectivity index (χ4n) is 2.20.